The minimum atomic E-state index is -2.81. The van der Waals surface area contributed by atoms with E-state index in [9.17, 15) is 4.39 Å². The fraction of sp³-hybridized carbons (Fsp3) is 0.0714. The summed E-state index contributed by atoms with van der Waals surface area (Å²) in [5.41, 5.74) is 17.1. The number of alkyl halides is 1. The molecule has 0 spiro atoms. The first-order valence-electron chi connectivity index (χ1n) is 21.2. The Labute approximate surface area is 371 Å². The molecule has 0 atom stereocenters. The first-order valence-corrected chi connectivity index (χ1v) is 23.3. The average Bonchev–Trinajstić information content (AvgIpc) is 3.77. The second-order valence-corrected chi connectivity index (χ2v) is 18.9. The van der Waals surface area contributed by atoms with Crippen molar-refractivity contribution in [2.75, 3.05) is 11.3 Å². The third-order valence-corrected chi connectivity index (χ3v) is 12.8. The largest absolute Gasteiger partial charge is 0.336 e. The van der Waals surface area contributed by atoms with Gasteiger partial charge in [-0.1, -0.05) is 160 Å². The SMILES string of the molecule is CC1(C)c2ccccc2-c2ccc(N(c3ccc(-c4ccc5c(c4)c4ccccc4n5-c4ccccc4)cc3)c3ccc(-c4cccc5ccccc45)cc3)cc21.[B]P([B])(=N)CF. The third kappa shape index (κ3) is 7.39. The lowest BCUT2D eigenvalue weighted by Gasteiger charge is -2.28. The van der Waals surface area contributed by atoms with Gasteiger partial charge in [-0.15, -0.1) is 0 Å². The maximum Gasteiger partial charge on any atom is 0.123 e. The van der Waals surface area contributed by atoms with Crippen molar-refractivity contribution < 1.29 is 4.39 Å². The zero-order valence-electron chi connectivity index (χ0n) is 35.2. The van der Waals surface area contributed by atoms with Crippen molar-refractivity contribution in [3.63, 3.8) is 0 Å². The van der Waals surface area contributed by atoms with Crippen LogP contribution in [0.2, 0.25) is 0 Å². The second kappa shape index (κ2) is 16.1. The molecule has 0 fully saturated rings. The van der Waals surface area contributed by atoms with Crippen LogP contribution in [0.3, 0.4) is 0 Å². The topological polar surface area (TPSA) is 32.0 Å². The van der Waals surface area contributed by atoms with Crippen LogP contribution < -0.4 is 4.90 Å². The first-order chi connectivity index (χ1) is 30.6. The Morgan fingerprint density at radius 1 is 0.492 bits per heavy atom. The van der Waals surface area contributed by atoms with E-state index in [0.717, 1.165) is 17.1 Å². The lowest BCUT2D eigenvalue weighted by atomic mass is 9.82. The predicted molar refractivity (Wildman–Crippen MR) is 269 cm³/mol. The number of hydrogen-bond donors (Lipinski definition) is 1. The molecule has 10 aromatic rings. The van der Waals surface area contributed by atoms with E-state index in [1.807, 2.05) is 0 Å². The van der Waals surface area contributed by atoms with Gasteiger partial charge in [0.1, 0.15) is 21.5 Å². The van der Waals surface area contributed by atoms with Crippen molar-refractivity contribution in [3.8, 4) is 39.1 Å². The summed E-state index contributed by atoms with van der Waals surface area (Å²) in [6.45, 7) is 1.90. The Kier molecular flexibility index (Phi) is 10.3. The quantitative estimate of drug-likeness (QED) is 0.126. The number of hydrogen-bond acceptors (Lipinski definition) is 2. The predicted octanol–water partition coefficient (Wildman–Crippen LogP) is 15.9. The van der Waals surface area contributed by atoms with Crippen LogP contribution in [0.4, 0.5) is 21.5 Å². The Morgan fingerprint density at radius 2 is 1.03 bits per heavy atom. The van der Waals surface area contributed by atoms with Crippen molar-refractivity contribution in [1.29, 1.82) is 5.16 Å². The molecule has 4 radical (unpaired) electrons. The number of halogens is 1. The molecule has 9 aromatic carbocycles. The number of nitrogens with one attached hydrogen (secondary N) is 1. The summed E-state index contributed by atoms with van der Waals surface area (Å²) in [6, 6.07) is 75.6. The number of nitrogens with zero attached hydrogens (tertiary/aromatic N) is 2. The fourth-order valence-corrected chi connectivity index (χ4v) is 9.36. The van der Waals surface area contributed by atoms with Gasteiger partial charge in [-0.05, 0) is 122 Å². The van der Waals surface area contributed by atoms with Gasteiger partial charge in [0, 0.05) is 38.9 Å². The Balaban J connectivity index is 0.000000737. The first kappa shape index (κ1) is 40.2. The Hall–Kier alpha value is -6.87. The van der Waals surface area contributed by atoms with Gasteiger partial charge in [0.15, 0.2) is 0 Å². The van der Waals surface area contributed by atoms with E-state index in [2.05, 4.69) is 230 Å². The molecule has 1 heterocycles. The highest BCUT2D eigenvalue weighted by Gasteiger charge is 2.35. The van der Waals surface area contributed by atoms with Crippen molar-refractivity contribution in [3.05, 3.63) is 217 Å². The molecule has 3 nitrogen and oxygen atoms in total. The van der Waals surface area contributed by atoms with Gasteiger partial charge >= 0.3 is 0 Å². The highest BCUT2D eigenvalue weighted by molar-refractivity contribution is 8.06. The third-order valence-electron chi connectivity index (χ3n) is 12.4. The molecule has 63 heavy (non-hydrogen) atoms. The highest BCUT2D eigenvalue weighted by atomic mass is 31.2. The second-order valence-electron chi connectivity index (χ2n) is 16.8. The van der Waals surface area contributed by atoms with Gasteiger partial charge in [0.25, 0.3) is 0 Å². The summed E-state index contributed by atoms with van der Waals surface area (Å²) >= 11 is 0. The smallest absolute Gasteiger partial charge is 0.123 e. The van der Waals surface area contributed by atoms with Gasteiger partial charge in [0.2, 0.25) is 0 Å². The standard InChI is InChI=1S/C55H40N2.CH3B2FNP/c1-55(2)51-21-10-8-18-47(51)48-33-32-44(36-52(48)55)56(43-30-25-39(26-31-43)46-20-12-14-38-13-6-7-17-45(38)46)42-28-23-37(24-29-42)40-27-34-54-50(35-40)49-19-9-11-22-53(49)57(54)41-15-4-3-5-16-41;2-6(3,5)1-4/h3-36H,1-2H3;5H,1H2. The number of anilines is 3. The minimum absolute atomic E-state index is 0.0992. The molecule has 11 rings (SSSR count). The zero-order chi connectivity index (χ0) is 43.3. The van der Waals surface area contributed by atoms with E-state index >= 15 is 0 Å². The number of aromatic nitrogens is 1. The molecule has 0 amide bonds. The van der Waals surface area contributed by atoms with Crippen LogP contribution in [0.25, 0.3) is 71.6 Å². The van der Waals surface area contributed by atoms with E-state index in [-0.39, 0.29) is 5.41 Å². The van der Waals surface area contributed by atoms with Crippen LogP contribution in [0.1, 0.15) is 25.0 Å². The highest BCUT2D eigenvalue weighted by Crippen LogP contribution is 2.51. The van der Waals surface area contributed by atoms with Gasteiger partial charge in [0.05, 0.1) is 11.0 Å². The monoisotopic (exact) mass is 829 g/mol. The maximum atomic E-state index is 11.1. The number of rotatable bonds is 7. The van der Waals surface area contributed by atoms with Crippen LogP contribution in [0, 0.1) is 5.16 Å². The molecule has 1 aliphatic carbocycles. The minimum Gasteiger partial charge on any atom is -0.336 e. The maximum absolute atomic E-state index is 11.1. The Morgan fingerprint density at radius 3 is 1.76 bits per heavy atom. The molecule has 1 aliphatic rings. The van der Waals surface area contributed by atoms with E-state index in [1.54, 1.807) is 0 Å². The van der Waals surface area contributed by atoms with Crippen LogP contribution in [0.15, 0.2) is 206 Å². The fourth-order valence-electron chi connectivity index (χ4n) is 9.36. The molecule has 0 bridgehead atoms. The molecule has 1 aromatic heterocycles. The summed E-state index contributed by atoms with van der Waals surface area (Å²) in [5, 5.41) is 11.5. The van der Waals surface area contributed by atoms with Crippen molar-refractivity contribution >= 4 is 71.6 Å². The van der Waals surface area contributed by atoms with E-state index in [1.165, 1.54) is 82.8 Å². The van der Waals surface area contributed by atoms with Crippen LogP contribution >= 0.6 is 6.81 Å². The van der Waals surface area contributed by atoms with Crippen molar-refractivity contribution in [2.45, 2.75) is 19.3 Å². The van der Waals surface area contributed by atoms with E-state index in [0.29, 0.717) is 0 Å². The number of benzene rings is 9. The Bertz CT molecular complexity index is 3350. The molecular formula is C56H43B2FN3P. The van der Waals surface area contributed by atoms with Gasteiger partial charge < -0.3 is 14.6 Å². The number of fused-ring (bicyclic) bond motifs is 7. The lowest BCUT2D eigenvalue weighted by Crippen LogP contribution is -2.16. The summed E-state index contributed by atoms with van der Waals surface area (Å²) in [5.74, 6) is 0. The molecule has 0 saturated heterocycles. The van der Waals surface area contributed by atoms with Gasteiger partial charge in [-0.2, -0.15) is 0 Å². The number of para-hydroxylation sites is 2. The van der Waals surface area contributed by atoms with Crippen molar-refractivity contribution in [2.24, 2.45) is 0 Å². The summed E-state index contributed by atoms with van der Waals surface area (Å²) in [7, 11) is 9.43. The van der Waals surface area contributed by atoms with Gasteiger partial charge in [-0.3, -0.25) is 0 Å². The molecule has 0 saturated carbocycles. The van der Waals surface area contributed by atoms with Crippen LogP contribution in [-0.4, -0.2) is 26.1 Å². The normalized spacial score (nSPS) is 12.7. The van der Waals surface area contributed by atoms with E-state index in [4.69, 9.17) is 20.3 Å². The summed E-state index contributed by atoms with van der Waals surface area (Å²) in [4.78, 5) is 2.41. The van der Waals surface area contributed by atoms with E-state index < -0.39 is 13.2 Å². The summed E-state index contributed by atoms with van der Waals surface area (Å²) < 4.78 is 13.5. The van der Waals surface area contributed by atoms with Crippen molar-refractivity contribution in [1.82, 2.24) is 4.57 Å². The average molecular weight is 830 g/mol. The molecular weight excluding hydrogens is 786 g/mol. The summed E-state index contributed by atoms with van der Waals surface area (Å²) in [6.07, 6.45) is -0.896. The van der Waals surface area contributed by atoms with Gasteiger partial charge in [-0.25, -0.2) is 4.39 Å². The zero-order valence-corrected chi connectivity index (χ0v) is 36.1. The molecule has 7 heteroatoms. The molecule has 0 aliphatic heterocycles. The lowest BCUT2D eigenvalue weighted by molar-refractivity contribution is 0.601. The molecule has 0 unspecified atom stereocenters. The van der Waals surface area contributed by atoms with Crippen LogP contribution in [0.5, 0.6) is 0 Å². The molecule has 300 valence electrons. The van der Waals surface area contributed by atoms with Crippen LogP contribution in [-0.2, 0) is 5.41 Å². The molecule has 1 N–H and O–H groups in total.